The van der Waals surface area contributed by atoms with Gasteiger partial charge in [0.05, 0.1) is 18.0 Å². The van der Waals surface area contributed by atoms with Gasteiger partial charge in [0.1, 0.15) is 0 Å². The van der Waals surface area contributed by atoms with Crippen molar-refractivity contribution in [2.24, 2.45) is 46.3 Å². The Morgan fingerprint density at radius 2 is 1.71 bits per heavy atom. The first-order valence-corrected chi connectivity index (χ1v) is 15.0. The van der Waals surface area contributed by atoms with Gasteiger partial charge in [0.15, 0.2) is 0 Å². The summed E-state index contributed by atoms with van der Waals surface area (Å²) in [7, 11) is -4.06. The van der Waals surface area contributed by atoms with Crippen molar-refractivity contribution < 1.29 is 28.0 Å². The van der Waals surface area contributed by atoms with Gasteiger partial charge in [0.2, 0.25) is 5.91 Å². The van der Waals surface area contributed by atoms with Gasteiger partial charge in [0, 0.05) is 13.0 Å². The van der Waals surface area contributed by atoms with Gasteiger partial charge in [-0.3, -0.25) is 9.35 Å². The molecule has 7 nitrogen and oxygen atoms in total. The van der Waals surface area contributed by atoms with Crippen molar-refractivity contribution in [3.05, 3.63) is 0 Å². The summed E-state index contributed by atoms with van der Waals surface area (Å²) in [4.78, 5) is 12.2. The average Bonchev–Trinajstić information content (AvgIpc) is 3.09. The van der Waals surface area contributed by atoms with Crippen LogP contribution in [0.1, 0.15) is 85.0 Å². The highest BCUT2D eigenvalue weighted by molar-refractivity contribution is 7.85. The third-order valence-electron chi connectivity index (χ3n) is 10.9. The maximum absolute atomic E-state index is 12.2. The predicted octanol–water partition coefficient (Wildman–Crippen LogP) is 3.40. The minimum Gasteiger partial charge on any atom is -0.393 e. The number of hydrogen-bond donors (Lipinski definition) is 4. The largest absolute Gasteiger partial charge is 0.393 e. The van der Waals surface area contributed by atoms with Gasteiger partial charge < -0.3 is 15.5 Å². The van der Waals surface area contributed by atoms with E-state index in [1.54, 1.807) is 0 Å². The van der Waals surface area contributed by atoms with Gasteiger partial charge >= 0.3 is 0 Å². The third-order valence-corrected chi connectivity index (χ3v) is 11.6. The van der Waals surface area contributed by atoms with E-state index in [4.69, 9.17) is 4.55 Å². The molecule has 1 amide bonds. The van der Waals surface area contributed by atoms with Crippen molar-refractivity contribution in [2.75, 3.05) is 12.3 Å². The summed E-state index contributed by atoms with van der Waals surface area (Å²) in [6.45, 7) is 7.05. The summed E-state index contributed by atoms with van der Waals surface area (Å²) in [5.74, 6) is 2.10. The zero-order valence-electron chi connectivity index (χ0n) is 21.1. The Hall–Kier alpha value is -0.700. The molecule has 4 fully saturated rings. The lowest BCUT2D eigenvalue weighted by molar-refractivity contribution is -0.174. The molecule has 10 atom stereocenters. The molecule has 196 valence electrons. The zero-order chi connectivity index (χ0) is 24.9. The van der Waals surface area contributed by atoms with Crippen molar-refractivity contribution in [1.29, 1.82) is 0 Å². The predicted molar refractivity (Wildman–Crippen MR) is 130 cm³/mol. The molecule has 0 aromatic rings. The third kappa shape index (κ3) is 4.94. The number of aliphatic hydroxyl groups excluding tert-OH is 2. The minimum absolute atomic E-state index is 0.0625. The lowest BCUT2D eigenvalue weighted by Crippen LogP contribution is -2.58. The molecule has 34 heavy (non-hydrogen) atoms. The first-order valence-electron chi connectivity index (χ1n) is 13.4. The van der Waals surface area contributed by atoms with Gasteiger partial charge in [-0.1, -0.05) is 20.8 Å². The van der Waals surface area contributed by atoms with E-state index in [9.17, 15) is 23.4 Å². The van der Waals surface area contributed by atoms with Gasteiger partial charge in [0.25, 0.3) is 10.1 Å². The molecule has 4 saturated carbocycles. The molecule has 0 spiro atoms. The molecule has 0 bridgehead atoms. The molecule has 4 aliphatic rings. The van der Waals surface area contributed by atoms with Crippen LogP contribution in [0.25, 0.3) is 0 Å². The standard InChI is InChI=1S/C26H45NO6S/c1-16(4-7-23(30)27-12-13-34(31,32)33)19-5-6-20-24-21(9-11-26(19,20)3)25(2)10-8-18(28)14-17(25)15-22(24)29/h16-22,24,28-29H,4-15H2,1-3H3,(H,27,30)(H,31,32,33)/t16-,17?,18-,19+,20+,21+,22+,24-,25+,26-/m0/s1. The van der Waals surface area contributed by atoms with E-state index < -0.39 is 15.9 Å². The van der Waals surface area contributed by atoms with Crippen molar-refractivity contribution in [3.63, 3.8) is 0 Å². The van der Waals surface area contributed by atoms with Gasteiger partial charge in [-0.15, -0.1) is 0 Å². The quantitative estimate of drug-likeness (QED) is 0.398. The van der Waals surface area contributed by atoms with Crippen LogP contribution in [0.4, 0.5) is 0 Å². The van der Waals surface area contributed by atoms with E-state index in [1.165, 1.54) is 6.42 Å². The first kappa shape index (κ1) is 26.4. The number of nitrogens with one attached hydrogen (secondary N) is 1. The van der Waals surface area contributed by atoms with Crippen LogP contribution in [0.15, 0.2) is 0 Å². The van der Waals surface area contributed by atoms with E-state index in [0.29, 0.717) is 41.9 Å². The SMILES string of the molecule is C[C@@H](CCC(=O)NCCS(=O)(=O)O)[C@H]1CC[C@@H]2[C@@H]3[C@H](O)CC4C[C@@H](O)CC[C@@]4(C)[C@@H]3CC[C@]21C. The van der Waals surface area contributed by atoms with Crippen molar-refractivity contribution in [3.8, 4) is 0 Å². The lowest BCUT2D eigenvalue weighted by Gasteiger charge is -2.62. The molecular weight excluding hydrogens is 454 g/mol. The zero-order valence-corrected chi connectivity index (χ0v) is 21.9. The molecule has 0 heterocycles. The summed E-state index contributed by atoms with van der Waals surface area (Å²) >= 11 is 0. The van der Waals surface area contributed by atoms with E-state index in [2.05, 4.69) is 26.1 Å². The van der Waals surface area contributed by atoms with Crippen molar-refractivity contribution in [1.82, 2.24) is 5.32 Å². The fraction of sp³-hybridized carbons (Fsp3) is 0.962. The molecule has 0 radical (unpaired) electrons. The van der Waals surface area contributed by atoms with Crippen LogP contribution in [0.2, 0.25) is 0 Å². The Labute approximate surface area is 205 Å². The van der Waals surface area contributed by atoms with Crippen LogP contribution in [0.3, 0.4) is 0 Å². The Morgan fingerprint density at radius 3 is 2.41 bits per heavy atom. The Kier molecular flexibility index (Phi) is 7.47. The van der Waals surface area contributed by atoms with Crippen molar-refractivity contribution >= 4 is 16.0 Å². The number of hydrogen-bond acceptors (Lipinski definition) is 5. The molecule has 4 N–H and O–H groups in total. The van der Waals surface area contributed by atoms with E-state index in [1.807, 2.05) is 0 Å². The highest BCUT2D eigenvalue weighted by Crippen LogP contribution is 2.68. The average molecular weight is 500 g/mol. The highest BCUT2D eigenvalue weighted by atomic mass is 32.2. The van der Waals surface area contributed by atoms with Crippen LogP contribution >= 0.6 is 0 Å². The maximum Gasteiger partial charge on any atom is 0.266 e. The van der Waals surface area contributed by atoms with Crippen molar-refractivity contribution in [2.45, 2.75) is 97.2 Å². The summed E-state index contributed by atoms with van der Waals surface area (Å²) in [6.07, 6.45) is 8.87. The number of fused-ring (bicyclic) bond motifs is 5. The summed E-state index contributed by atoms with van der Waals surface area (Å²) in [6, 6.07) is 0. The molecule has 4 rings (SSSR count). The molecule has 0 saturated heterocycles. The molecule has 0 aromatic heterocycles. The van der Waals surface area contributed by atoms with Crippen LogP contribution in [-0.2, 0) is 14.9 Å². The summed E-state index contributed by atoms with van der Waals surface area (Å²) in [5, 5.41) is 24.2. The van der Waals surface area contributed by atoms with Crippen LogP contribution in [-0.4, -0.2) is 53.6 Å². The van der Waals surface area contributed by atoms with Crippen LogP contribution < -0.4 is 5.32 Å². The fourth-order valence-corrected chi connectivity index (χ4v) is 9.50. The normalized spacial score (nSPS) is 45.1. The monoisotopic (exact) mass is 499 g/mol. The Balaban J connectivity index is 1.39. The second kappa shape index (κ2) is 9.64. The van der Waals surface area contributed by atoms with E-state index >= 15 is 0 Å². The topological polar surface area (TPSA) is 124 Å². The summed E-state index contributed by atoms with van der Waals surface area (Å²) in [5.41, 5.74) is 0.411. The molecular formula is C26H45NO6S. The molecule has 4 aliphatic carbocycles. The number of carbonyl (C=O) groups is 1. The smallest absolute Gasteiger partial charge is 0.266 e. The van der Waals surface area contributed by atoms with Gasteiger partial charge in [-0.25, -0.2) is 0 Å². The second-order valence-corrected chi connectivity index (χ2v) is 14.2. The lowest BCUT2D eigenvalue weighted by atomic mass is 9.43. The molecule has 0 aliphatic heterocycles. The number of amides is 1. The number of carbonyl (C=O) groups excluding carboxylic acids is 1. The summed E-state index contributed by atoms with van der Waals surface area (Å²) < 4.78 is 30.5. The van der Waals surface area contributed by atoms with Crippen LogP contribution in [0.5, 0.6) is 0 Å². The molecule has 0 aromatic carbocycles. The maximum atomic E-state index is 12.2. The van der Waals surface area contributed by atoms with E-state index in [-0.39, 0.29) is 35.5 Å². The van der Waals surface area contributed by atoms with E-state index in [0.717, 1.165) is 51.4 Å². The minimum atomic E-state index is -4.06. The Morgan fingerprint density at radius 1 is 1.03 bits per heavy atom. The van der Waals surface area contributed by atoms with Gasteiger partial charge in [-0.05, 0) is 104 Å². The van der Waals surface area contributed by atoms with Gasteiger partial charge in [-0.2, -0.15) is 8.42 Å². The Bertz CT molecular complexity index is 863. The number of aliphatic hydroxyl groups is 2. The highest BCUT2D eigenvalue weighted by Gasteiger charge is 2.62. The molecule has 1 unspecified atom stereocenters. The van der Waals surface area contributed by atoms with Crippen LogP contribution in [0, 0.1) is 46.3 Å². The first-order chi connectivity index (χ1) is 15.8. The fourth-order valence-electron chi connectivity index (χ4n) is 9.14. The molecule has 8 heteroatoms. The second-order valence-electron chi connectivity index (χ2n) is 12.6. The number of rotatable bonds is 7.